The summed E-state index contributed by atoms with van der Waals surface area (Å²) in [6, 6.07) is 12.3. The molecule has 0 fully saturated rings. The SMILES string of the molecule is CN(C)c1ccc(C(=N)NS(=O)(=O)C=Cc2ccc([N+](=O)[O-])cc2)cc1. The van der Waals surface area contributed by atoms with Gasteiger partial charge in [-0.05, 0) is 48.0 Å². The van der Waals surface area contributed by atoms with E-state index in [1.807, 2.05) is 19.0 Å². The van der Waals surface area contributed by atoms with Crippen LogP contribution in [-0.4, -0.2) is 33.3 Å². The van der Waals surface area contributed by atoms with Crippen molar-refractivity contribution in [3.05, 3.63) is 75.2 Å². The number of amidine groups is 1. The van der Waals surface area contributed by atoms with Crippen molar-refractivity contribution in [2.45, 2.75) is 0 Å². The summed E-state index contributed by atoms with van der Waals surface area (Å²) in [4.78, 5) is 12.0. The van der Waals surface area contributed by atoms with Crippen molar-refractivity contribution in [2.24, 2.45) is 0 Å². The molecule has 8 nitrogen and oxygen atoms in total. The minimum Gasteiger partial charge on any atom is -0.378 e. The molecule has 0 unspecified atom stereocenters. The summed E-state index contributed by atoms with van der Waals surface area (Å²) in [5, 5.41) is 19.4. The lowest BCUT2D eigenvalue weighted by Crippen LogP contribution is -2.28. The molecular formula is C17H18N4O4S. The number of nitrogens with one attached hydrogen (secondary N) is 2. The van der Waals surface area contributed by atoms with E-state index in [-0.39, 0.29) is 11.5 Å². The monoisotopic (exact) mass is 374 g/mol. The molecule has 0 bridgehead atoms. The molecule has 2 aromatic carbocycles. The molecule has 2 aromatic rings. The molecule has 2 rings (SSSR count). The van der Waals surface area contributed by atoms with Crippen molar-refractivity contribution in [2.75, 3.05) is 19.0 Å². The molecule has 0 radical (unpaired) electrons. The van der Waals surface area contributed by atoms with Crippen molar-refractivity contribution in [3.8, 4) is 0 Å². The highest BCUT2D eigenvalue weighted by Crippen LogP contribution is 2.14. The quantitative estimate of drug-likeness (QED) is 0.349. The summed E-state index contributed by atoms with van der Waals surface area (Å²) >= 11 is 0. The third kappa shape index (κ3) is 5.15. The summed E-state index contributed by atoms with van der Waals surface area (Å²) < 4.78 is 26.3. The van der Waals surface area contributed by atoms with Gasteiger partial charge in [0.05, 0.1) is 10.3 Å². The number of hydrogen-bond acceptors (Lipinski definition) is 6. The first-order chi connectivity index (χ1) is 12.2. The Balaban J connectivity index is 2.07. The molecule has 0 aliphatic carbocycles. The predicted molar refractivity (Wildman–Crippen MR) is 102 cm³/mol. The number of anilines is 1. The van der Waals surface area contributed by atoms with Crippen LogP contribution in [0.25, 0.3) is 6.08 Å². The first-order valence-electron chi connectivity index (χ1n) is 7.49. The molecule has 26 heavy (non-hydrogen) atoms. The van der Waals surface area contributed by atoms with E-state index in [0.717, 1.165) is 11.1 Å². The van der Waals surface area contributed by atoms with E-state index in [2.05, 4.69) is 4.72 Å². The second-order valence-electron chi connectivity index (χ2n) is 5.61. The van der Waals surface area contributed by atoms with Crippen LogP contribution in [0.2, 0.25) is 0 Å². The van der Waals surface area contributed by atoms with Crippen molar-refractivity contribution < 1.29 is 13.3 Å². The topological polar surface area (TPSA) is 116 Å². The lowest BCUT2D eigenvalue weighted by molar-refractivity contribution is -0.384. The fraction of sp³-hybridized carbons (Fsp3) is 0.118. The Bertz CT molecular complexity index is 934. The number of nitrogens with zero attached hydrogens (tertiary/aromatic N) is 2. The van der Waals surface area contributed by atoms with E-state index < -0.39 is 14.9 Å². The fourth-order valence-corrected chi connectivity index (χ4v) is 2.84. The van der Waals surface area contributed by atoms with Crippen molar-refractivity contribution >= 4 is 33.3 Å². The fourth-order valence-electron chi connectivity index (χ4n) is 2.04. The standard InChI is InChI=1S/C17H18N4O4S/c1-20(2)15-9-5-14(6-10-15)17(18)19-26(24,25)12-11-13-3-7-16(8-4-13)21(22)23/h3-12H,1-2H3,(H2,18,19). The second kappa shape index (κ2) is 7.79. The number of hydrogen-bond donors (Lipinski definition) is 2. The normalized spacial score (nSPS) is 11.3. The summed E-state index contributed by atoms with van der Waals surface area (Å²) in [5.74, 6) is -0.247. The molecule has 0 aliphatic rings. The Morgan fingerprint density at radius 3 is 2.19 bits per heavy atom. The Hall–Kier alpha value is -3.20. The third-order valence-electron chi connectivity index (χ3n) is 3.46. The Morgan fingerprint density at radius 1 is 1.12 bits per heavy atom. The van der Waals surface area contributed by atoms with Crippen LogP contribution in [-0.2, 0) is 10.0 Å². The number of rotatable bonds is 6. The van der Waals surface area contributed by atoms with E-state index in [1.54, 1.807) is 24.3 Å². The van der Waals surface area contributed by atoms with E-state index >= 15 is 0 Å². The summed E-state index contributed by atoms with van der Waals surface area (Å²) in [6.45, 7) is 0. The van der Waals surface area contributed by atoms with Gasteiger partial charge in [0, 0.05) is 37.5 Å². The maximum absolute atomic E-state index is 12.1. The molecule has 0 aromatic heterocycles. The lowest BCUT2D eigenvalue weighted by Gasteiger charge is -2.13. The van der Waals surface area contributed by atoms with Gasteiger partial charge in [0.25, 0.3) is 15.7 Å². The molecular weight excluding hydrogens is 356 g/mol. The van der Waals surface area contributed by atoms with Gasteiger partial charge in [0.15, 0.2) is 0 Å². The molecule has 0 atom stereocenters. The Labute approximate surface area is 151 Å². The molecule has 0 amide bonds. The highest BCUT2D eigenvalue weighted by Gasteiger charge is 2.10. The van der Waals surface area contributed by atoms with E-state index in [9.17, 15) is 18.5 Å². The molecule has 0 heterocycles. The number of benzene rings is 2. The Morgan fingerprint density at radius 2 is 1.69 bits per heavy atom. The van der Waals surface area contributed by atoms with Crippen molar-refractivity contribution in [1.82, 2.24) is 4.72 Å². The largest absolute Gasteiger partial charge is 0.378 e. The van der Waals surface area contributed by atoms with Crippen molar-refractivity contribution in [1.29, 1.82) is 5.41 Å². The maximum atomic E-state index is 12.1. The van der Waals surface area contributed by atoms with Gasteiger partial charge in [-0.2, -0.15) is 0 Å². The van der Waals surface area contributed by atoms with Crippen LogP contribution in [0.5, 0.6) is 0 Å². The number of non-ortho nitro benzene ring substituents is 1. The minimum absolute atomic E-state index is 0.0777. The predicted octanol–water partition coefficient (Wildman–Crippen LogP) is 2.58. The van der Waals surface area contributed by atoms with Gasteiger partial charge >= 0.3 is 0 Å². The summed E-state index contributed by atoms with van der Waals surface area (Å²) in [5.41, 5.74) is 1.78. The zero-order chi connectivity index (χ0) is 19.3. The minimum atomic E-state index is -3.88. The van der Waals surface area contributed by atoms with Crippen molar-refractivity contribution in [3.63, 3.8) is 0 Å². The lowest BCUT2D eigenvalue weighted by atomic mass is 10.2. The second-order valence-corrected chi connectivity index (χ2v) is 7.18. The zero-order valence-corrected chi connectivity index (χ0v) is 15.0. The maximum Gasteiger partial charge on any atom is 0.269 e. The molecule has 2 N–H and O–H groups in total. The number of sulfonamides is 1. The van der Waals surface area contributed by atoms with Crippen LogP contribution in [0.1, 0.15) is 11.1 Å². The van der Waals surface area contributed by atoms with Gasteiger partial charge in [0.1, 0.15) is 5.84 Å². The van der Waals surface area contributed by atoms with Gasteiger partial charge in [-0.3, -0.25) is 20.2 Å². The van der Waals surface area contributed by atoms with Crippen LogP contribution in [0.4, 0.5) is 11.4 Å². The first kappa shape index (κ1) is 19.1. The zero-order valence-electron chi connectivity index (χ0n) is 14.2. The highest BCUT2D eigenvalue weighted by molar-refractivity contribution is 7.93. The first-order valence-corrected chi connectivity index (χ1v) is 9.04. The molecule has 0 saturated carbocycles. The van der Waals surface area contributed by atoms with Gasteiger partial charge in [-0.15, -0.1) is 0 Å². The van der Waals surface area contributed by atoms with Crippen LogP contribution in [0.3, 0.4) is 0 Å². The van der Waals surface area contributed by atoms with Gasteiger partial charge in [-0.25, -0.2) is 8.42 Å². The number of nitro benzene ring substituents is 1. The smallest absolute Gasteiger partial charge is 0.269 e. The molecule has 0 aliphatic heterocycles. The average molecular weight is 374 g/mol. The van der Waals surface area contributed by atoms with Gasteiger partial charge < -0.3 is 4.90 Å². The van der Waals surface area contributed by atoms with Crippen LogP contribution in [0.15, 0.2) is 53.9 Å². The molecule has 9 heteroatoms. The molecule has 0 saturated heterocycles. The number of nitro groups is 1. The van der Waals surface area contributed by atoms with Crippen LogP contribution >= 0.6 is 0 Å². The van der Waals surface area contributed by atoms with E-state index in [1.165, 1.54) is 30.3 Å². The van der Waals surface area contributed by atoms with Crippen LogP contribution < -0.4 is 9.62 Å². The van der Waals surface area contributed by atoms with Crippen LogP contribution in [0, 0.1) is 15.5 Å². The average Bonchev–Trinajstić information content (AvgIpc) is 2.60. The third-order valence-corrected chi connectivity index (χ3v) is 4.44. The van der Waals surface area contributed by atoms with Gasteiger partial charge in [-0.1, -0.05) is 0 Å². The summed E-state index contributed by atoms with van der Waals surface area (Å²) in [6.07, 6.45) is 1.30. The van der Waals surface area contributed by atoms with E-state index in [4.69, 9.17) is 5.41 Å². The van der Waals surface area contributed by atoms with E-state index in [0.29, 0.717) is 11.1 Å². The summed E-state index contributed by atoms with van der Waals surface area (Å²) in [7, 11) is -0.117. The molecule has 136 valence electrons. The highest BCUT2D eigenvalue weighted by atomic mass is 32.2. The Kier molecular flexibility index (Phi) is 5.73. The molecule has 0 spiro atoms. The van der Waals surface area contributed by atoms with Gasteiger partial charge in [0.2, 0.25) is 0 Å².